The quantitative estimate of drug-likeness (QED) is 0.852. The SMILES string of the molecule is CCN(Cc1cccc(N)c1)c1ncc(Br)cc1Cl. The van der Waals surface area contributed by atoms with Crippen LogP contribution in [-0.2, 0) is 6.54 Å². The summed E-state index contributed by atoms with van der Waals surface area (Å²) in [4.78, 5) is 6.50. The normalized spacial score (nSPS) is 10.5. The fourth-order valence-corrected chi connectivity index (χ4v) is 2.64. The number of hydrogen-bond donors (Lipinski definition) is 1. The van der Waals surface area contributed by atoms with Crippen molar-refractivity contribution in [3.05, 3.63) is 51.6 Å². The van der Waals surface area contributed by atoms with Gasteiger partial charge in [0.25, 0.3) is 0 Å². The van der Waals surface area contributed by atoms with E-state index in [4.69, 9.17) is 17.3 Å². The van der Waals surface area contributed by atoms with Gasteiger partial charge in [-0.1, -0.05) is 23.7 Å². The molecule has 19 heavy (non-hydrogen) atoms. The number of nitrogen functional groups attached to an aromatic ring is 1. The van der Waals surface area contributed by atoms with Crippen LogP contribution in [0.4, 0.5) is 11.5 Å². The molecule has 0 aliphatic rings. The molecule has 0 bridgehead atoms. The molecule has 0 amide bonds. The summed E-state index contributed by atoms with van der Waals surface area (Å²) in [6.45, 7) is 3.63. The second-order valence-corrected chi connectivity index (χ2v) is 5.54. The van der Waals surface area contributed by atoms with Crippen LogP contribution < -0.4 is 10.6 Å². The maximum atomic E-state index is 6.24. The van der Waals surface area contributed by atoms with Gasteiger partial charge in [-0.3, -0.25) is 0 Å². The van der Waals surface area contributed by atoms with Crippen LogP contribution in [0.5, 0.6) is 0 Å². The predicted octanol–water partition coefficient (Wildman–Crippen LogP) is 4.11. The molecule has 0 unspecified atom stereocenters. The van der Waals surface area contributed by atoms with Crippen molar-refractivity contribution in [3.63, 3.8) is 0 Å². The minimum absolute atomic E-state index is 0.639. The number of aromatic nitrogens is 1. The maximum absolute atomic E-state index is 6.24. The van der Waals surface area contributed by atoms with E-state index in [-0.39, 0.29) is 0 Å². The van der Waals surface area contributed by atoms with Crippen molar-refractivity contribution in [1.29, 1.82) is 0 Å². The van der Waals surface area contributed by atoms with Gasteiger partial charge in [0.15, 0.2) is 0 Å². The third kappa shape index (κ3) is 3.61. The molecule has 1 aromatic heterocycles. The Labute approximate surface area is 126 Å². The number of halogens is 2. The van der Waals surface area contributed by atoms with E-state index in [2.05, 4.69) is 32.7 Å². The average Bonchev–Trinajstić information content (AvgIpc) is 2.37. The molecule has 0 radical (unpaired) electrons. The van der Waals surface area contributed by atoms with Crippen molar-refractivity contribution < 1.29 is 0 Å². The highest BCUT2D eigenvalue weighted by Crippen LogP contribution is 2.27. The van der Waals surface area contributed by atoms with Crippen molar-refractivity contribution in [2.45, 2.75) is 13.5 Å². The zero-order chi connectivity index (χ0) is 13.8. The van der Waals surface area contributed by atoms with Gasteiger partial charge in [0.05, 0.1) is 5.02 Å². The monoisotopic (exact) mass is 339 g/mol. The zero-order valence-electron chi connectivity index (χ0n) is 10.6. The Kier molecular flexibility index (Phi) is 4.66. The van der Waals surface area contributed by atoms with E-state index in [1.165, 1.54) is 0 Å². The molecule has 2 rings (SSSR count). The molecular formula is C14H15BrClN3. The van der Waals surface area contributed by atoms with E-state index in [0.29, 0.717) is 5.02 Å². The Morgan fingerprint density at radius 1 is 1.37 bits per heavy atom. The van der Waals surface area contributed by atoms with Crippen LogP contribution >= 0.6 is 27.5 Å². The molecule has 0 aliphatic heterocycles. The number of nitrogens with zero attached hydrogens (tertiary/aromatic N) is 2. The van der Waals surface area contributed by atoms with E-state index in [9.17, 15) is 0 Å². The van der Waals surface area contributed by atoms with E-state index in [0.717, 1.165) is 34.6 Å². The van der Waals surface area contributed by atoms with E-state index >= 15 is 0 Å². The number of pyridine rings is 1. The summed E-state index contributed by atoms with van der Waals surface area (Å²) in [6, 6.07) is 9.70. The van der Waals surface area contributed by atoms with Crippen LogP contribution in [-0.4, -0.2) is 11.5 Å². The second kappa shape index (κ2) is 6.26. The topological polar surface area (TPSA) is 42.1 Å². The van der Waals surface area contributed by atoms with Crippen LogP contribution in [0.25, 0.3) is 0 Å². The van der Waals surface area contributed by atoms with Gasteiger partial charge >= 0.3 is 0 Å². The molecule has 2 aromatic rings. The average molecular weight is 341 g/mol. The highest BCUT2D eigenvalue weighted by Gasteiger charge is 2.11. The third-order valence-electron chi connectivity index (χ3n) is 2.79. The van der Waals surface area contributed by atoms with Gasteiger partial charge in [-0.15, -0.1) is 0 Å². The summed E-state index contributed by atoms with van der Waals surface area (Å²) in [6.07, 6.45) is 1.75. The van der Waals surface area contributed by atoms with Crippen LogP contribution in [0, 0.1) is 0 Å². The fourth-order valence-electron chi connectivity index (χ4n) is 1.89. The second-order valence-electron chi connectivity index (χ2n) is 4.22. The molecule has 1 heterocycles. The van der Waals surface area contributed by atoms with Crippen molar-refractivity contribution >= 4 is 39.0 Å². The van der Waals surface area contributed by atoms with Crippen LogP contribution in [0.15, 0.2) is 41.0 Å². The molecule has 5 heteroatoms. The highest BCUT2D eigenvalue weighted by molar-refractivity contribution is 9.10. The summed E-state index contributed by atoms with van der Waals surface area (Å²) in [5.74, 6) is 0.787. The molecule has 2 N–H and O–H groups in total. The molecule has 0 spiro atoms. The zero-order valence-corrected chi connectivity index (χ0v) is 12.9. The van der Waals surface area contributed by atoms with E-state index in [1.807, 2.05) is 30.3 Å². The number of benzene rings is 1. The van der Waals surface area contributed by atoms with Crippen molar-refractivity contribution in [2.75, 3.05) is 17.2 Å². The van der Waals surface area contributed by atoms with E-state index < -0.39 is 0 Å². The van der Waals surface area contributed by atoms with Crippen molar-refractivity contribution in [1.82, 2.24) is 4.98 Å². The van der Waals surface area contributed by atoms with Crippen molar-refractivity contribution in [3.8, 4) is 0 Å². The minimum atomic E-state index is 0.639. The number of nitrogens with two attached hydrogens (primary N) is 1. The Balaban J connectivity index is 2.25. The lowest BCUT2D eigenvalue weighted by Gasteiger charge is -2.23. The van der Waals surface area contributed by atoms with Gasteiger partial charge in [0.2, 0.25) is 0 Å². The third-order valence-corrected chi connectivity index (χ3v) is 3.51. The summed E-state index contributed by atoms with van der Waals surface area (Å²) in [5, 5.41) is 0.639. The first kappa shape index (κ1) is 14.2. The molecule has 0 atom stereocenters. The largest absolute Gasteiger partial charge is 0.399 e. The van der Waals surface area contributed by atoms with Gasteiger partial charge in [-0.25, -0.2) is 4.98 Å². The van der Waals surface area contributed by atoms with Crippen LogP contribution in [0.2, 0.25) is 5.02 Å². The first-order chi connectivity index (χ1) is 9.10. The van der Waals surface area contributed by atoms with Gasteiger partial charge in [-0.2, -0.15) is 0 Å². The standard InChI is InChI=1S/C14H15BrClN3/c1-2-19(9-10-4-3-5-12(17)6-10)14-13(16)7-11(15)8-18-14/h3-8H,2,9,17H2,1H3. The summed E-state index contributed by atoms with van der Waals surface area (Å²) in [7, 11) is 0. The molecule has 100 valence electrons. The van der Waals surface area contributed by atoms with Gasteiger partial charge in [-0.05, 0) is 46.6 Å². The Morgan fingerprint density at radius 2 is 2.16 bits per heavy atom. The number of rotatable bonds is 4. The van der Waals surface area contributed by atoms with Gasteiger partial charge in [0.1, 0.15) is 5.82 Å². The van der Waals surface area contributed by atoms with E-state index in [1.54, 1.807) is 6.20 Å². The fraction of sp³-hybridized carbons (Fsp3) is 0.214. The first-order valence-corrected chi connectivity index (χ1v) is 7.17. The van der Waals surface area contributed by atoms with Crippen LogP contribution in [0.1, 0.15) is 12.5 Å². The molecule has 0 aliphatic carbocycles. The molecule has 1 aromatic carbocycles. The number of anilines is 2. The lowest BCUT2D eigenvalue weighted by molar-refractivity contribution is 0.814. The Morgan fingerprint density at radius 3 is 2.79 bits per heavy atom. The first-order valence-electron chi connectivity index (χ1n) is 6.00. The molecule has 0 saturated carbocycles. The molecule has 0 fully saturated rings. The minimum Gasteiger partial charge on any atom is -0.399 e. The summed E-state index contributed by atoms with van der Waals surface area (Å²) < 4.78 is 0.876. The predicted molar refractivity (Wildman–Crippen MR) is 84.5 cm³/mol. The van der Waals surface area contributed by atoms with Crippen molar-refractivity contribution in [2.24, 2.45) is 0 Å². The highest BCUT2D eigenvalue weighted by atomic mass is 79.9. The Hall–Kier alpha value is -1.26. The lowest BCUT2D eigenvalue weighted by Crippen LogP contribution is -2.23. The lowest BCUT2D eigenvalue weighted by atomic mass is 10.2. The Bertz CT molecular complexity index is 574. The smallest absolute Gasteiger partial charge is 0.147 e. The summed E-state index contributed by atoms with van der Waals surface area (Å²) >= 11 is 9.60. The molecule has 3 nitrogen and oxygen atoms in total. The molecular weight excluding hydrogens is 326 g/mol. The molecule has 0 saturated heterocycles. The summed E-state index contributed by atoms with van der Waals surface area (Å²) in [5.41, 5.74) is 7.71. The maximum Gasteiger partial charge on any atom is 0.147 e. The number of hydrogen-bond acceptors (Lipinski definition) is 3. The van der Waals surface area contributed by atoms with Crippen LogP contribution in [0.3, 0.4) is 0 Å². The van der Waals surface area contributed by atoms with Gasteiger partial charge in [0, 0.05) is 29.4 Å². The van der Waals surface area contributed by atoms with Gasteiger partial charge < -0.3 is 10.6 Å².